The normalized spacial score (nSPS) is 17.1. The highest BCUT2D eigenvalue weighted by Gasteiger charge is 2.16. The summed E-state index contributed by atoms with van der Waals surface area (Å²) >= 11 is 0. The van der Waals surface area contributed by atoms with Gasteiger partial charge in [-0.1, -0.05) is 0 Å². The number of anilines is 2. The summed E-state index contributed by atoms with van der Waals surface area (Å²) in [6.07, 6.45) is 5.24. The molecule has 0 unspecified atom stereocenters. The minimum Gasteiger partial charge on any atom is -0.397 e. The van der Waals surface area contributed by atoms with E-state index < -0.39 is 0 Å². The number of piperidine rings is 1. The van der Waals surface area contributed by atoms with Crippen LogP contribution in [0.1, 0.15) is 24.8 Å². The fraction of sp³-hybridized carbons (Fsp3) is 0.571. The highest BCUT2D eigenvalue weighted by Crippen LogP contribution is 2.20. The molecule has 0 spiro atoms. The Hall–Kier alpha value is -1.80. The van der Waals surface area contributed by atoms with Crippen molar-refractivity contribution in [2.45, 2.75) is 19.3 Å². The lowest BCUT2D eigenvalue weighted by atomic mass is 9.94. The van der Waals surface area contributed by atoms with E-state index in [1.807, 2.05) is 0 Å². The van der Waals surface area contributed by atoms with Gasteiger partial charge in [0.05, 0.1) is 17.4 Å². The summed E-state index contributed by atoms with van der Waals surface area (Å²) in [4.78, 5) is 6.55. The van der Waals surface area contributed by atoms with E-state index in [-0.39, 0.29) is 0 Å². The molecule has 2 rings (SSSR count). The van der Waals surface area contributed by atoms with Gasteiger partial charge in [0, 0.05) is 6.54 Å². The van der Waals surface area contributed by atoms with Crippen molar-refractivity contribution in [2.24, 2.45) is 5.92 Å². The fourth-order valence-electron chi connectivity index (χ4n) is 2.45. The van der Waals surface area contributed by atoms with E-state index in [1.165, 1.54) is 25.9 Å². The number of pyridine rings is 1. The van der Waals surface area contributed by atoms with Gasteiger partial charge in [0.25, 0.3) is 0 Å². The Labute approximate surface area is 114 Å². The van der Waals surface area contributed by atoms with Crippen LogP contribution >= 0.6 is 0 Å². The van der Waals surface area contributed by atoms with E-state index in [1.54, 1.807) is 12.3 Å². The van der Waals surface area contributed by atoms with Crippen molar-refractivity contribution in [2.75, 3.05) is 37.7 Å². The molecule has 5 heteroatoms. The second kappa shape index (κ2) is 6.39. The van der Waals surface area contributed by atoms with Gasteiger partial charge in [-0.3, -0.25) is 0 Å². The molecule has 19 heavy (non-hydrogen) atoms. The van der Waals surface area contributed by atoms with Gasteiger partial charge in [-0.15, -0.1) is 0 Å². The molecule has 2 heterocycles. The molecule has 1 saturated heterocycles. The summed E-state index contributed by atoms with van der Waals surface area (Å²) in [5.41, 5.74) is 6.66. The summed E-state index contributed by atoms with van der Waals surface area (Å²) in [6, 6.07) is 3.78. The van der Waals surface area contributed by atoms with Crippen molar-refractivity contribution in [3.63, 3.8) is 0 Å². The van der Waals surface area contributed by atoms with Crippen LogP contribution in [0.2, 0.25) is 0 Å². The van der Waals surface area contributed by atoms with Crippen molar-refractivity contribution in [3.8, 4) is 6.07 Å². The van der Waals surface area contributed by atoms with Crippen LogP contribution < -0.4 is 11.1 Å². The highest BCUT2D eigenvalue weighted by atomic mass is 15.1. The number of rotatable bonds is 4. The standard InChI is InChI=1S/C14H21N5/c1-19-6-3-11(4-7-19)2-5-17-14-12(9-15)8-13(16)10-18-14/h8,10-11H,2-7,16H2,1H3,(H,17,18). The van der Waals surface area contributed by atoms with Gasteiger partial charge in [-0.2, -0.15) is 5.26 Å². The molecule has 1 aliphatic heterocycles. The molecule has 1 aromatic rings. The van der Waals surface area contributed by atoms with Crippen molar-refractivity contribution in [3.05, 3.63) is 17.8 Å². The summed E-state index contributed by atoms with van der Waals surface area (Å²) in [5.74, 6) is 1.42. The monoisotopic (exact) mass is 259 g/mol. The van der Waals surface area contributed by atoms with Crippen LogP contribution in [-0.4, -0.2) is 36.6 Å². The van der Waals surface area contributed by atoms with Crippen LogP contribution in [0.25, 0.3) is 0 Å². The van der Waals surface area contributed by atoms with Crippen LogP contribution in [0.15, 0.2) is 12.3 Å². The third-order valence-electron chi connectivity index (χ3n) is 3.71. The number of nitrogen functional groups attached to an aromatic ring is 1. The van der Waals surface area contributed by atoms with Gasteiger partial charge in [0.1, 0.15) is 11.9 Å². The minimum atomic E-state index is 0.517. The summed E-state index contributed by atoms with van der Waals surface area (Å²) in [6.45, 7) is 3.24. The maximum Gasteiger partial charge on any atom is 0.144 e. The molecule has 102 valence electrons. The number of hydrogen-bond acceptors (Lipinski definition) is 5. The Bertz CT molecular complexity index is 457. The molecule has 0 atom stereocenters. The molecule has 0 aromatic carbocycles. The van der Waals surface area contributed by atoms with E-state index >= 15 is 0 Å². The predicted molar refractivity (Wildman–Crippen MR) is 76.7 cm³/mol. The molecule has 5 nitrogen and oxygen atoms in total. The second-order valence-electron chi connectivity index (χ2n) is 5.24. The maximum atomic E-state index is 9.03. The van der Waals surface area contributed by atoms with Gasteiger partial charge in [-0.05, 0) is 51.4 Å². The average Bonchev–Trinajstić information content (AvgIpc) is 2.42. The molecule has 0 amide bonds. The zero-order valence-corrected chi connectivity index (χ0v) is 11.4. The Balaban J connectivity index is 1.81. The maximum absolute atomic E-state index is 9.03. The topological polar surface area (TPSA) is 78.0 Å². The zero-order valence-electron chi connectivity index (χ0n) is 11.4. The first kappa shape index (κ1) is 13.6. The molecular weight excluding hydrogens is 238 g/mol. The van der Waals surface area contributed by atoms with Gasteiger partial charge < -0.3 is 16.0 Å². The number of nitrogens with zero attached hydrogens (tertiary/aromatic N) is 3. The van der Waals surface area contributed by atoms with Crippen LogP contribution in [-0.2, 0) is 0 Å². The predicted octanol–water partition coefficient (Wildman–Crippen LogP) is 1.68. The summed E-state index contributed by atoms with van der Waals surface area (Å²) in [5, 5.41) is 12.3. The molecule has 1 fully saturated rings. The van der Waals surface area contributed by atoms with E-state index in [0.717, 1.165) is 18.9 Å². The minimum absolute atomic E-state index is 0.517. The number of nitrogens with two attached hydrogens (primary N) is 1. The molecule has 0 bridgehead atoms. The first-order valence-electron chi connectivity index (χ1n) is 6.77. The lowest BCUT2D eigenvalue weighted by molar-refractivity contribution is 0.215. The van der Waals surface area contributed by atoms with Crippen LogP contribution in [0.5, 0.6) is 0 Å². The van der Waals surface area contributed by atoms with Crippen LogP contribution in [0.3, 0.4) is 0 Å². The van der Waals surface area contributed by atoms with E-state index in [4.69, 9.17) is 11.0 Å². The van der Waals surface area contributed by atoms with Crippen molar-refractivity contribution in [1.82, 2.24) is 9.88 Å². The van der Waals surface area contributed by atoms with Crippen molar-refractivity contribution in [1.29, 1.82) is 5.26 Å². The first-order valence-corrected chi connectivity index (χ1v) is 6.77. The molecular formula is C14H21N5. The molecule has 0 saturated carbocycles. The van der Waals surface area contributed by atoms with Crippen LogP contribution in [0.4, 0.5) is 11.5 Å². The Morgan fingerprint density at radius 3 is 2.95 bits per heavy atom. The van der Waals surface area contributed by atoms with Gasteiger partial charge in [-0.25, -0.2) is 4.98 Å². The fourth-order valence-corrected chi connectivity index (χ4v) is 2.45. The number of nitrogens with one attached hydrogen (secondary N) is 1. The lowest BCUT2D eigenvalue weighted by Crippen LogP contribution is -2.30. The average molecular weight is 259 g/mol. The van der Waals surface area contributed by atoms with E-state index in [2.05, 4.69) is 28.3 Å². The molecule has 0 aliphatic carbocycles. The van der Waals surface area contributed by atoms with Gasteiger partial charge >= 0.3 is 0 Å². The SMILES string of the molecule is CN1CCC(CCNc2ncc(N)cc2C#N)CC1. The molecule has 1 aliphatic rings. The summed E-state index contributed by atoms with van der Waals surface area (Å²) in [7, 11) is 2.17. The molecule has 3 N–H and O–H groups in total. The zero-order chi connectivity index (χ0) is 13.7. The van der Waals surface area contributed by atoms with E-state index in [0.29, 0.717) is 17.1 Å². The first-order chi connectivity index (χ1) is 9.19. The van der Waals surface area contributed by atoms with Crippen molar-refractivity contribution < 1.29 is 0 Å². The van der Waals surface area contributed by atoms with Gasteiger partial charge in [0.15, 0.2) is 0 Å². The van der Waals surface area contributed by atoms with Crippen LogP contribution in [0, 0.1) is 17.2 Å². The lowest BCUT2D eigenvalue weighted by Gasteiger charge is -2.28. The Kier molecular flexibility index (Phi) is 4.58. The quantitative estimate of drug-likeness (QED) is 0.860. The number of nitriles is 1. The van der Waals surface area contributed by atoms with E-state index in [9.17, 15) is 0 Å². The highest BCUT2D eigenvalue weighted by molar-refractivity contribution is 5.57. The Morgan fingerprint density at radius 2 is 2.26 bits per heavy atom. The number of hydrogen-bond donors (Lipinski definition) is 2. The Morgan fingerprint density at radius 1 is 1.53 bits per heavy atom. The third-order valence-corrected chi connectivity index (χ3v) is 3.71. The molecule has 0 radical (unpaired) electrons. The number of likely N-dealkylation sites (tertiary alicyclic amines) is 1. The third kappa shape index (κ3) is 3.83. The second-order valence-corrected chi connectivity index (χ2v) is 5.24. The largest absolute Gasteiger partial charge is 0.397 e. The smallest absolute Gasteiger partial charge is 0.144 e. The van der Waals surface area contributed by atoms with Crippen molar-refractivity contribution >= 4 is 11.5 Å². The summed E-state index contributed by atoms with van der Waals surface area (Å²) < 4.78 is 0. The van der Waals surface area contributed by atoms with Gasteiger partial charge in [0.2, 0.25) is 0 Å². The molecule has 1 aromatic heterocycles. The number of aromatic nitrogens is 1.